The molecule has 6 nitrogen and oxygen atoms in total. The van der Waals surface area contributed by atoms with Gasteiger partial charge in [0, 0.05) is 11.6 Å². The first-order valence-electron chi connectivity index (χ1n) is 5.88. The molecule has 0 bridgehead atoms. The van der Waals surface area contributed by atoms with Crippen LogP contribution in [0.1, 0.15) is 5.56 Å². The van der Waals surface area contributed by atoms with Crippen molar-refractivity contribution in [2.75, 3.05) is 5.32 Å². The quantitative estimate of drug-likeness (QED) is 0.508. The Morgan fingerprint density at radius 2 is 1.80 bits per heavy atom. The Morgan fingerprint density at radius 1 is 1.15 bits per heavy atom. The topological polar surface area (TPSA) is 92.5 Å². The van der Waals surface area contributed by atoms with Crippen LogP contribution in [0.3, 0.4) is 0 Å². The molecule has 0 saturated heterocycles. The third-order valence-electron chi connectivity index (χ3n) is 2.72. The van der Waals surface area contributed by atoms with Gasteiger partial charge in [0.25, 0.3) is 5.69 Å². The van der Waals surface area contributed by atoms with Gasteiger partial charge in [-0.1, -0.05) is 30.3 Å². The predicted molar refractivity (Wildman–Crippen MR) is 73.5 cm³/mol. The highest BCUT2D eigenvalue weighted by molar-refractivity contribution is 5.94. The number of anilines is 1. The van der Waals surface area contributed by atoms with Gasteiger partial charge in [-0.05, 0) is 12.1 Å². The number of para-hydroxylation sites is 3. The summed E-state index contributed by atoms with van der Waals surface area (Å²) < 4.78 is 0. The van der Waals surface area contributed by atoms with Crippen molar-refractivity contribution in [3.63, 3.8) is 0 Å². The van der Waals surface area contributed by atoms with Crippen LogP contribution in [0.15, 0.2) is 48.5 Å². The third-order valence-corrected chi connectivity index (χ3v) is 2.72. The average Bonchev–Trinajstić information content (AvgIpc) is 2.41. The van der Waals surface area contributed by atoms with E-state index in [1.165, 1.54) is 18.2 Å². The van der Waals surface area contributed by atoms with Gasteiger partial charge in [0.2, 0.25) is 5.91 Å². The van der Waals surface area contributed by atoms with Gasteiger partial charge >= 0.3 is 0 Å². The summed E-state index contributed by atoms with van der Waals surface area (Å²) in [5, 5.41) is 22.9. The molecule has 0 atom stereocenters. The molecule has 20 heavy (non-hydrogen) atoms. The maximum absolute atomic E-state index is 11.9. The molecule has 2 N–H and O–H groups in total. The van der Waals surface area contributed by atoms with Crippen LogP contribution >= 0.6 is 0 Å². The van der Waals surface area contributed by atoms with Crippen LogP contribution < -0.4 is 5.32 Å². The molecule has 0 fully saturated rings. The van der Waals surface area contributed by atoms with Gasteiger partial charge in [0.15, 0.2) is 0 Å². The first kappa shape index (κ1) is 13.5. The van der Waals surface area contributed by atoms with E-state index in [1.54, 1.807) is 30.3 Å². The molecule has 0 aliphatic heterocycles. The Balaban J connectivity index is 2.13. The third kappa shape index (κ3) is 3.11. The number of benzene rings is 2. The fourth-order valence-electron chi connectivity index (χ4n) is 1.79. The number of nitrogens with zero attached hydrogens (tertiary/aromatic N) is 1. The van der Waals surface area contributed by atoms with Crippen molar-refractivity contribution in [1.29, 1.82) is 0 Å². The van der Waals surface area contributed by atoms with Crippen molar-refractivity contribution in [2.24, 2.45) is 0 Å². The summed E-state index contributed by atoms with van der Waals surface area (Å²) in [6, 6.07) is 12.4. The Hall–Kier alpha value is -2.89. The summed E-state index contributed by atoms with van der Waals surface area (Å²) in [5.41, 5.74) is 0.501. The Kier molecular flexibility index (Phi) is 3.95. The van der Waals surface area contributed by atoms with Crippen LogP contribution in [0.4, 0.5) is 11.4 Å². The molecule has 0 aliphatic carbocycles. The standard InChI is InChI=1S/C14H12N2O4/c17-13-8-4-2-6-11(13)15-14(18)9-10-5-1-3-7-12(10)16(19)20/h1-8,17H,9H2,(H,15,18). The fourth-order valence-corrected chi connectivity index (χ4v) is 1.79. The van der Waals surface area contributed by atoms with E-state index in [4.69, 9.17) is 0 Å². The summed E-state index contributed by atoms with van der Waals surface area (Å²) in [6.45, 7) is 0. The number of hydrogen-bond acceptors (Lipinski definition) is 4. The maximum atomic E-state index is 11.9. The van der Waals surface area contributed by atoms with Crippen molar-refractivity contribution in [1.82, 2.24) is 0 Å². The SMILES string of the molecule is O=C(Cc1ccccc1[N+](=O)[O-])Nc1ccccc1O. The highest BCUT2D eigenvalue weighted by Crippen LogP contribution is 2.23. The summed E-state index contributed by atoms with van der Waals surface area (Å²) >= 11 is 0. The lowest BCUT2D eigenvalue weighted by atomic mass is 10.1. The number of nitrogens with one attached hydrogen (secondary N) is 1. The van der Waals surface area contributed by atoms with Gasteiger partial charge in [0.1, 0.15) is 5.75 Å². The second-order valence-electron chi connectivity index (χ2n) is 4.13. The number of nitro benzene ring substituents is 1. The average molecular weight is 272 g/mol. The van der Waals surface area contributed by atoms with E-state index in [2.05, 4.69) is 5.32 Å². The second-order valence-corrected chi connectivity index (χ2v) is 4.13. The minimum Gasteiger partial charge on any atom is -0.506 e. The highest BCUT2D eigenvalue weighted by Gasteiger charge is 2.16. The molecular formula is C14H12N2O4. The lowest BCUT2D eigenvalue weighted by molar-refractivity contribution is -0.385. The number of rotatable bonds is 4. The minimum atomic E-state index is -0.525. The van der Waals surface area contributed by atoms with E-state index in [0.29, 0.717) is 5.56 Å². The van der Waals surface area contributed by atoms with E-state index in [1.807, 2.05) is 0 Å². The largest absolute Gasteiger partial charge is 0.506 e. The molecule has 1 amide bonds. The monoisotopic (exact) mass is 272 g/mol. The number of phenolic OH excluding ortho intramolecular Hbond substituents is 1. The summed E-state index contributed by atoms with van der Waals surface area (Å²) in [6.07, 6.45) is -0.133. The minimum absolute atomic E-state index is 0.0524. The molecule has 2 aromatic rings. The molecule has 0 unspecified atom stereocenters. The van der Waals surface area contributed by atoms with Gasteiger partial charge in [-0.2, -0.15) is 0 Å². The van der Waals surface area contributed by atoms with E-state index in [-0.39, 0.29) is 23.5 Å². The fraction of sp³-hybridized carbons (Fsp3) is 0.0714. The number of amides is 1. The van der Waals surface area contributed by atoms with Crippen LogP contribution in [0.2, 0.25) is 0 Å². The molecule has 0 spiro atoms. The van der Waals surface area contributed by atoms with Crippen molar-refractivity contribution in [3.8, 4) is 5.75 Å². The van der Waals surface area contributed by atoms with Gasteiger partial charge in [-0.3, -0.25) is 14.9 Å². The summed E-state index contributed by atoms with van der Waals surface area (Å²) in [7, 11) is 0. The number of nitro groups is 1. The Labute approximate surface area is 114 Å². The van der Waals surface area contributed by atoms with Crippen LogP contribution in [-0.4, -0.2) is 15.9 Å². The van der Waals surface area contributed by atoms with Crippen molar-refractivity contribution >= 4 is 17.3 Å². The van der Waals surface area contributed by atoms with Gasteiger partial charge in [-0.25, -0.2) is 0 Å². The number of phenols is 1. The van der Waals surface area contributed by atoms with Gasteiger partial charge in [-0.15, -0.1) is 0 Å². The number of hydrogen-bond donors (Lipinski definition) is 2. The van der Waals surface area contributed by atoms with Gasteiger partial charge in [0.05, 0.1) is 17.0 Å². The number of aromatic hydroxyl groups is 1. The Bertz CT molecular complexity index is 655. The molecule has 0 saturated carbocycles. The maximum Gasteiger partial charge on any atom is 0.273 e. The highest BCUT2D eigenvalue weighted by atomic mass is 16.6. The molecule has 0 radical (unpaired) electrons. The lowest BCUT2D eigenvalue weighted by Crippen LogP contribution is -2.15. The summed E-state index contributed by atoms with van der Waals surface area (Å²) in [4.78, 5) is 22.2. The summed E-state index contributed by atoms with van der Waals surface area (Å²) in [5.74, 6) is -0.482. The molecule has 6 heteroatoms. The first-order valence-corrected chi connectivity index (χ1v) is 5.88. The Morgan fingerprint density at radius 3 is 2.50 bits per heavy atom. The van der Waals surface area contributed by atoms with Crippen molar-refractivity contribution < 1.29 is 14.8 Å². The van der Waals surface area contributed by atoms with E-state index < -0.39 is 10.8 Å². The lowest BCUT2D eigenvalue weighted by Gasteiger charge is -2.07. The van der Waals surface area contributed by atoms with Crippen molar-refractivity contribution in [2.45, 2.75) is 6.42 Å². The van der Waals surface area contributed by atoms with Crippen LogP contribution in [0.25, 0.3) is 0 Å². The first-order chi connectivity index (χ1) is 9.58. The second kappa shape index (κ2) is 5.83. The number of carbonyl (C=O) groups is 1. The van der Waals surface area contributed by atoms with Gasteiger partial charge < -0.3 is 10.4 Å². The van der Waals surface area contributed by atoms with Crippen LogP contribution in [-0.2, 0) is 11.2 Å². The molecule has 0 aromatic heterocycles. The zero-order chi connectivity index (χ0) is 14.5. The smallest absolute Gasteiger partial charge is 0.273 e. The zero-order valence-corrected chi connectivity index (χ0v) is 10.4. The molecular weight excluding hydrogens is 260 g/mol. The molecule has 2 aromatic carbocycles. The number of carbonyl (C=O) groups excluding carboxylic acids is 1. The molecule has 102 valence electrons. The normalized spacial score (nSPS) is 10.0. The van der Waals surface area contributed by atoms with Crippen LogP contribution in [0, 0.1) is 10.1 Å². The predicted octanol–water partition coefficient (Wildman–Crippen LogP) is 2.48. The molecule has 0 aliphatic rings. The zero-order valence-electron chi connectivity index (χ0n) is 10.4. The van der Waals surface area contributed by atoms with Crippen LogP contribution in [0.5, 0.6) is 5.75 Å². The van der Waals surface area contributed by atoms with E-state index in [9.17, 15) is 20.0 Å². The molecule has 2 rings (SSSR count). The van der Waals surface area contributed by atoms with Crippen molar-refractivity contribution in [3.05, 3.63) is 64.2 Å². The molecule has 0 heterocycles. The van der Waals surface area contributed by atoms with E-state index in [0.717, 1.165) is 0 Å². The van der Waals surface area contributed by atoms with E-state index >= 15 is 0 Å².